The van der Waals surface area contributed by atoms with Crippen LogP contribution in [0.15, 0.2) is 42.5 Å². The highest BCUT2D eigenvalue weighted by molar-refractivity contribution is 6.59. The lowest BCUT2D eigenvalue weighted by molar-refractivity contribution is 0.302. The average Bonchev–Trinajstić information content (AvgIpc) is 2.90. The van der Waals surface area contributed by atoms with E-state index >= 15 is 4.39 Å². The Kier molecular flexibility index (Phi) is 10.5. The fraction of sp³-hybridized carbons (Fsp3) is 0.636. The fourth-order valence-corrected chi connectivity index (χ4v) is 10.4. The molecule has 2 aromatic rings. The standard InChI is InChI=1S/C33H49FSi/c1-3-5-7-9-26-10-12-28(13-11-26)31-18-19-32(33(34)25-31)30-16-14-27(15-17-30)29-20-23-35(24-21-29)22-8-6-4-2/h14-19,25-26,28-29,35H,3-13,20-24H2,1-2H3/t26-,28-,29-,35-. The Morgan fingerprint density at radius 2 is 1.34 bits per heavy atom. The average molecular weight is 493 g/mol. The van der Waals surface area contributed by atoms with Crippen molar-refractivity contribution in [3.05, 3.63) is 59.4 Å². The summed E-state index contributed by atoms with van der Waals surface area (Å²) in [5.74, 6) is 2.13. The van der Waals surface area contributed by atoms with Crippen molar-refractivity contribution in [3.8, 4) is 11.1 Å². The first kappa shape index (κ1) is 26.6. The van der Waals surface area contributed by atoms with E-state index in [1.165, 1.54) is 107 Å². The molecule has 0 N–H and O–H groups in total. The summed E-state index contributed by atoms with van der Waals surface area (Å²) in [4.78, 5) is 0. The van der Waals surface area contributed by atoms with E-state index in [9.17, 15) is 0 Å². The third kappa shape index (κ3) is 7.54. The van der Waals surface area contributed by atoms with E-state index in [1.807, 2.05) is 12.1 Å². The molecule has 0 amide bonds. The van der Waals surface area contributed by atoms with Crippen LogP contribution in [0.25, 0.3) is 11.1 Å². The van der Waals surface area contributed by atoms with Gasteiger partial charge in [0.25, 0.3) is 0 Å². The summed E-state index contributed by atoms with van der Waals surface area (Å²) in [6.45, 7) is 4.59. The van der Waals surface area contributed by atoms with E-state index in [4.69, 9.17) is 0 Å². The summed E-state index contributed by atoms with van der Waals surface area (Å²) in [6.07, 6.45) is 17.6. The van der Waals surface area contributed by atoms with Crippen molar-refractivity contribution in [3.63, 3.8) is 0 Å². The lowest BCUT2D eigenvalue weighted by atomic mass is 9.77. The van der Waals surface area contributed by atoms with Gasteiger partial charge in [-0.05, 0) is 79.0 Å². The highest BCUT2D eigenvalue weighted by Crippen LogP contribution is 2.40. The van der Waals surface area contributed by atoms with E-state index in [2.05, 4.69) is 44.2 Å². The van der Waals surface area contributed by atoms with Gasteiger partial charge < -0.3 is 0 Å². The molecule has 1 heterocycles. The molecule has 0 atom stereocenters. The Morgan fingerprint density at radius 3 is 2.00 bits per heavy atom. The highest BCUT2D eigenvalue weighted by Gasteiger charge is 2.24. The molecule has 0 radical (unpaired) electrons. The van der Waals surface area contributed by atoms with Crippen LogP contribution >= 0.6 is 0 Å². The van der Waals surface area contributed by atoms with E-state index in [1.54, 1.807) is 6.04 Å². The van der Waals surface area contributed by atoms with Crippen LogP contribution in [0.2, 0.25) is 18.1 Å². The topological polar surface area (TPSA) is 0 Å². The number of unbranched alkanes of at least 4 members (excludes halogenated alkanes) is 4. The quantitative estimate of drug-likeness (QED) is 0.216. The maximum atomic E-state index is 15.2. The number of hydrogen-bond donors (Lipinski definition) is 0. The van der Waals surface area contributed by atoms with Crippen molar-refractivity contribution in [1.82, 2.24) is 0 Å². The molecule has 192 valence electrons. The molecular formula is C33H49FSi. The number of rotatable bonds is 11. The Hall–Kier alpha value is -1.41. The minimum Gasteiger partial charge on any atom is -0.206 e. The van der Waals surface area contributed by atoms with Gasteiger partial charge in [-0.2, -0.15) is 0 Å². The van der Waals surface area contributed by atoms with E-state index in [0.29, 0.717) is 5.92 Å². The first-order valence-electron chi connectivity index (χ1n) is 15.1. The maximum absolute atomic E-state index is 15.2. The molecule has 2 aromatic carbocycles. The first-order chi connectivity index (χ1) is 17.2. The summed E-state index contributed by atoms with van der Waals surface area (Å²) in [6, 6.07) is 19.6. The second-order valence-corrected chi connectivity index (χ2v) is 15.3. The van der Waals surface area contributed by atoms with Crippen LogP contribution in [-0.4, -0.2) is 8.80 Å². The smallest absolute Gasteiger partial charge is 0.131 e. The van der Waals surface area contributed by atoms with Crippen LogP contribution in [0.1, 0.15) is 120 Å². The molecule has 1 aliphatic carbocycles. The number of halogens is 1. The largest absolute Gasteiger partial charge is 0.206 e. The third-order valence-electron chi connectivity index (χ3n) is 9.28. The van der Waals surface area contributed by atoms with Crippen molar-refractivity contribution < 1.29 is 4.39 Å². The van der Waals surface area contributed by atoms with Crippen LogP contribution in [-0.2, 0) is 0 Å². The summed E-state index contributed by atoms with van der Waals surface area (Å²) in [5.41, 5.74) is 4.48. The van der Waals surface area contributed by atoms with Gasteiger partial charge in [-0.15, -0.1) is 0 Å². The van der Waals surface area contributed by atoms with Gasteiger partial charge in [-0.25, -0.2) is 4.39 Å². The van der Waals surface area contributed by atoms with Crippen molar-refractivity contribution in [2.75, 3.05) is 0 Å². The van der Waals surface area contributed by atoms with E-state index in [-0.39, 0.29) is 5.82 Å². The van der Waals surface area contributed by atoms with Crippen LogP contribution < -0.4 is 0 Å². The monoisotopic (exact) mass is 492 g/mol. The molecule has 0 aromatic heterocycles. The molecule has 2 aliphatic rings. The van der Waals surface area contributed by atoms with E-state index < -0.39 is 8.80 Å². The molecule has 1 aliphatic heterocycles. The zero-order valence-electron chi connectivity index (χ0n) is 22.5. The van der Waals surface area contributed by atoms with Gasteiger partial charge in [0.05, 0.1) is 0 Å². The normalized spacial score (nSPS) is 25.0. The lowest BCUT2D eigenvalue weighted by Gasteiger charge is -2.29. The van der Waals surface area contributed by atoms with Gasteiger partial charge in [-0.3, -0.25) is 0 Å². The summed E-state index contributed by atoms with van der Waals surface area (Å²) >= 11 is 0. The molecule has 2 heteroatoms. The van der Waals surface area contributed by atoms with Gasteiger partial charge in [0.2, 0.25) is 0 Å². The van der Waals surface area contributed by atoms with Gasteiger partial charge in [0.15, 0.2) is 0 Å². The first-order valence-corrected chi connectivity index (χ1v) is 17.5. The SMILES string of the molecule is CCCCC[C@H]1CC[C@H](c2ccc(-c3ccc([C@H]4CC[Si@H](CCCCC)CC4)cc3)c(F)c2)CC1. The van der Waals surface area contributed by atoms with Crippen molar-refractivity contribution in [2.24, 2.45) is 5.92 Å². The Labute approximate surface area is 216 Å². The van der Waals surface area contributed by atoms with Crippen molar-refractivity contribution >= 4 is 8.80 Å². The predicted molar refractivity (Wildman–Crippen MR) is 154 cm³/mol. The van der Waals surface area contributed by atoms with Crippen LogP contribution in [0.3, 0.4) is 0 Å². The second kappa shape index (κ2) is 13.8. The highest BCUT2D eigenvalue weighted by atomic mass is 28.3. The fourth-order valence-electron chi connectivity index (χ4n) is 6.89. The number of benzene rings is 2. The van der Waals surface area contributed by atoms with Crippen molar-refractivity contribution in [1.29, 1.82) is 0 Å². The molecular weight excluding hydrogens is 443 g/mol. The van der Waals surface area contributed by atoms with Crippen molar-refractivity contribution in [2.45, 2.75) is 127 Å². The van der Waals surface area contributed by atoms with Crippen LogP contribution in [0, 0.1) is 11.7 Å². The Balaban J connectivity index is 1.30. The van der Waals surface area contributed by atoms with Crippen LogP contribution in [0.4, 0.5) is 4.39 Å². The lowest BCUT2D eigenvalue weighted by Crippen LogP contribution is -2.20. The minimum absolute atomic E-state index is 0.0427. The summed E-state index contributed by atoms with van der Waals surface area (Å²) < 4.78 is 15.2. The summed E-state index contributed by atoms with van der Waals surface area (Å²) in [7, 11) is -0.463. The molecule has 2 fully saturated rings. The zero-order chi connectivity index (χ0) is 24.5. The zero-order valence-corrected chi connectivity index (χ0v) is 23.7. The molecule has 0 spiro atoms. The van der Waals surface area contributed by atoms with E-state index in [0.717, 1.165) is 23.0 Å². The Bertz CT molecular complexity index is 872. The summed E-state index contributed by atoms with van der Waals surface area (Å²) in [5, 5.41) is 0. The molecule has 0 bridgehead atoms. The minimum atomic E-state index is -0.463. The second-order valence-electron chi connectivity index (χ2n) is 11.8. The molecule has 1 saturated heterocycles. The predicted octanol–water partition coefficient (Wildman–Crippen LogP) is 10.6. The molecule has 35 heavy (non-hydrogen) atoms. The van der Waals surface area contributed by atoms with Gasteiger partial charge in [-0.1, -0.05) is 113 Å². The van der Waals surface area contributed by atoms with Gasteiger partial charge in [0.1, 0.15) is 5.82 Å². The molecule has 4 rings (SSSR count). The maximum Gasteiger partial charge on any atom is 0.131 e. The number of hydrogen-bond acceptors (Lipinski definition) is 0. The van der Waals surface area contributed by atoms with Crippen LogP contribution in [0.5, 0.6) is 0 Å². The molecule has 0 nitrogen and oxygen atoms in total. The Morgan fingerprint density at radius 1 is 0.714 bits per heavy atom. The van der Waals surface area contributed by atoms with Gasteiger partial charge in [0, 0.05) is 14.4 Å². The third-order valence-corrected chi connectivity index (χ3v) is 12.8. The molecule has 0 unspecified atom stereocenters. The molecule has 1 saturated carbocycles. The van der Waals surface area contributed by atoms with Gasteiger partial charge >= 0.3 is 0 Å².